The number of hydrogen-bond acceptors (Lipinski definition) is 10. The van der Waals surface area contributed by atoms with Crippen LogP contribution in [0.3, 0.4) is 0 Å². The Morgan fingerprint density at radius 1 is 0.690 bits per heavy atom. The molecule has 0 amide bonds. The van der Waals surface area contributed by atoms with Gasteiger partial charge < -0.3 is 28.1 Å². The van der Waals surface area contributed by atoms with E-state index in [1.165, 1.54) is 59.3 Å². The van der Waals surface area contributed by atoms with Crippen LogP contribution in [0.15, 0.2) is 45.6 Å². The predicted molar refractivity (Wildman–Crippen MR) is 145 cm³/mol. The van der Waals surface area contributed by atoms with Crippen molar-refractivity contribution in [2.45, 2.75) is 27.7 Å². The van der Waals surface area contributed by atoms with E-state index in [0.717, 1.165) is 19.1 Å². The number of methoxy groups -OCH3 is 2. The van der Waals surface area contributed by atoms with Crippen LogP contribution >= 0.6 is 0 Å². The lowest BCUT2D eigenvalue weighted by Gasteiger charge is -2.18. The van der Waals surface area contributed by atoms with E-state index in [0.29, 0.717) is 0 Å². The standard InChI is InChI=1S/C30H24F2O10/c1-13-22(39-14(2)33)8-7-19-25(17-9-20(31)28(21(32)10-17)40-15(3)34)26(30(36)42-27(13)19)18-11-23(37-5)29(41-16(4)35)24(12-18)38-6/h7-12H,1-6H3. The summed E-state index contributed by atoms with van der Waals surface area (Å²) in [5.74, 6) is -5.49. The average molecular weight is 583 g/mol. The quantitative estimate of drug-likeness (QED) is 0.156. The van der Waals surface area contributed by atoms with Gasteiger partial charge >= 0.3 is 23.5 Å². The van der Waals surface area contributed by atoms with E-state index in [9.17, 15) is 19.2 Å². The normalized spacial score (nSPS) is 10.8. The second-order valence-electron chi connectivity index (χ2n) is 8.96. The van der Waals surface area contributed by atoms with Gasteiger partial charge in [0.05, 0.1) is 19.8 Å². The minimum atomic E-state index is -1.21. The Bertz CT molecular complexity index is 1780. The van der Waals surface area contributed by atoms with Gasteiger partial charge in [-0.25, -0.2) is 13.6 Å². The van der Waals surface area contributed by atoms with Crippen LogP contribution in [-0.4, -0.2) is 32.1 Å². The van der Waals surface area contributed by atoms with Crippen molar-refractivity contribution in [3.63, 3.8) is 0 Å². The van der Waals surface area contributed by atoms with E-state index in [1.54, 1.807) is 0 Å². The monoisotopic (exact) mass is 582 g/mol. The van der Waals surface area contributed by atoms with Crippen LogP contribution in [0.5, 0.6) is 28.7 Å². The van der Waals surface area contributed by atoms with Crippen LogP contribution in [0.4, 0.5) is 8.78 Å². The SMILES string of the molecule is COc1cc(-c2c(-c3cc(F)c(OC(C)=O)c(F)c3)c3ccc(OC(C)=O)c(C)c3oc2=O)cc(OC)c1OC(C)=O. The molecule has 0 saturated carbocycles. The van der Waals surface area contributed by atoms with Gasteiger partial charge in [-0.2, -0.15) is 0 Å². The van der Waals surface area contributed by atoms with Gasteiger partial charge in [0.25, 0.3) is 0 Å². The lowest BCUT2D eigenvalue weighted by atomic mass is 9.91. The van der Waals surface area contributed by atoms with E-state index >= 15 is 8.78 Å². The lowest BCUT2D eigenvalue weighted by molar-refractivity contribution is -0.133. The molecule has 0 N–H and O–H groups in total. The van der Waals surface area contributed by atoms with Crippen LogP contribution in [0.1, 0.15) is 26.3 Å². The summed E-state index contributed by atoms with van der Waals surface area (Å²) in [6.07, 6.45) is 0. The van der Waals surface area contributed by atoms with E-state index < -0.39 is 40.9 Å². The molecule has 0 spiro atoms. The van der Waals surface area contributed by atoms with Gasteiger partial charge in [-0.15, -0.1) is 0 Å². The van der Waals surface area contributed by atoms with Crippen molar-refractivity contribution < 1.29 is 51.3 Å². The number of hydrogen-bond donors (Lipinski definition) is 0. The van der Waals surface area contributed by atoms with Crippen molar-refractivity contribution >= 4 is 28.9 Å². The van der Waals surface area contributed by atoms with Gasteiger partial charge in [0.2, 0.25) is 11.5 Å². The van der Waals surface area contributed by atoms with E-state index in [4.69, 9.17) is 23.4 Å². The molecule has 3 aromatic carbocycles. The highest BCUT2D eigenvalue weighted by atomic mass is 19.1. The number of halogens is 2. The summed E-state index contributed by atoms with van der Waals surface area (Å²) in [6.45, 7) is 4.91. The largest absolute Gasteiger partial charge is 0.493 e. The second kappa shape index (κ2) is 11.7. The molecule has 0 atom stereocenters. The molecule has 0 aliphatic heterocycles. The Kier molecular flexibility index (Phi) is 8.27. The predicted octanol–water partition coefficient (Wildman–Crippen LogP) is 5.51. The maximum atomic E-state index is 15.1. The number of carbonyl (C=O) groups excluding carboxylic acids is 3. The minimum absolute atomic E-state index is 0.00829. The number of carbonyl (C=O) groups is 3. The van der Waals surface area contributed by atoms with Crippen LogP contribution < -0.4 is 29.3 Å². The van der Waals surface area contributed by atoms with Gasteiger partial charge in [0.1, 0.15) is 11.3 Å². The molecular formula is C30H24F2O10. The van der Waals surface area contributed by atoms with Crippen molar-refractivity contribution in [1.82, 2.24) is 0 Å². The smallest absolute Gasteiger partial charge is 0.344 e. The summed E-state index contributed by atoms with van der Waals surface area (Å²) in [5, 5.41) is 0.221. The first-order valence-electron chi connectivity index (χ1n) is 12.3. The highest BCUT2D eigenvalue weighted by Crippen LogP contribution is 2.45. The third kappa shape index (κ3) is 5.64. The Labute approximate surface area is 237 Å². The number of benzene rings is 3. The third-order valence-corrected chi connectivity index (χ3v) is 6.06. The topological polar surface area (TPSA) is 128 Å². The highest BCUT2D eigenvalue weighted by molar-refractivity contribution is 6.03. The third-order valence-electron chi connectivity index (χ3n) is 6.06. The zero-order valence-corrected chi connectivity index (χ0v) is 23.3. The summed E-state index contributed by atoms with van der Waals surface area (Å²) >= 11 is 0. The summed E-state index contributed by atoms with van der Waals surface area (Å²) in [6, 6.07) is 7.42. The minimum Gasteiger partial charge on any atom is -0.493 e. The Morgan fingerprint density at radius 3 is 1.69 bits per heavy atom. The van der Waals surface area contributed by atoms with Crippen molar-refractivity contribution in [2.24, 2.45) is 0 Å². The van der Waals surface area contributed by atoms with Crippen molar-refractivity contribution in [2.75, 3.05) is 14.2 Å². The molecular weight excluding hydrogens is 558 g/mol. The molecule has 10 nitrogen and oxygen atoms in total. The molecule has 0 radical (unpaired) electrons. The van der Waals surface area contributed by atoms with E-state index in [2.05, 4.69) is 4.74 Å². The first-order chi connectivity index (χ1) is 19.9. The zero-order chi connectivity index (χ0) is 30.9. The van der Waals surface area contributed by atoms with E-state index in [-0.39, 0.29) is 61.8 Å². The van der Waals surface area contributed by atoms with Gasteiger partial charge in [-0.3, -0.25) is 14.4 Å². The molecule has 0 saturated heterocycles. The number of ether oxygens (including phenoxy) is 5. The van der Waals surface area contributed by atoms with Crippen LogP contribution in [-0.2, 0) is 14.4 Å². The molecule has 0 fully saturated rings. The van der Waals surface area contributed by atoms with Crippen LogP contribution in [0.25, 0.3) is 33.2 Å². The highest BCUT2D eigenvalue weighted by Gasteiger charge is 2.26. The molecule has 0 bridgehead atoms. The molecule has 1 aromatic heterocycles. The van der Waals surface area contributed by atoms with Gasteiger partial charge in [-0.05, 0) is 54.4 Å². The van der Waals surface area contributed by atoms with Crippen LogP contribution in [0, 0.1) is 18.6 Å². The summed E-state index contributed by atoms with van der Waals surface area (Å²) in [4.78, 5) is 48.4. The van der Waals surface area contributed by atoms with Crippen molar-refractivity contribution in [3.8, 4) is 51.0 Å². The van der Waals surface area contributed by atoms with Gasteiger partial charge in [-0.1, -0.05) is 0 Å². The Balaban J connectivity index is 2.14. The molecule has 4 aromatic rings. The molecule has 42 heavy (non-hydrogen) atoms. The lowest BCUT2D eigenvalue weighted by Crippen LogP contribution is -2.10. The van der Waals surface area contributed by atoms with Crippen LogP contribution in [0.2, 0.25) is 0 Å². The Morgan fingerprint density at radius 2 is 1.19 bits per heavy atom. The van der Waals surface area contributed by atoms with Gasteiger partial charge in [0, 0.05) is 37.3 Å². The summed E-state index contributed by atoms with van der Waals surface area (Å²) < 4.78 is 61.8. The molecule has 4 rings (SSSR count). The number of fused-ring (bicyclic) bond motifs is 1. The molecule has 0 unspecified atom stereocenters. The fourth-order valence-corrected chi connectivity index (χ4v) is 4.42. The molecule has 0 aliphatic carbocycles. The molecule has 218 valence electrons. The number of aryl methyl sites for hydroxylation is 1. The summed E-state index contributed by atoms with van der Waals surface area (Å²) in [7, 11) is 2.60. The van der Waals surface area contributed by atoms with E-state index in [1.807, 2.05) is 0 Å². The summed E-state index contributed by atoms with van der Waals surface area (Å²) in [5.41, 5.74) is -0.812. The first-order valence-corrected chi connectivity index (χ1v) is 12.3. The second-order valence-corrected chi connectivity index (χ2v) is 8.96. The number of esters is 3. The molecule has 1 heterocycles. The zero-order valence-electron chi connectivity index (χ0n) is 23.3. The van der Waals surface area contributed by atoms with Crippen molar-refractivity contribution in [1.29, 1.82) is 0 Å². The molecule has 12 heteroatoms. The maximum absolute atomic E-state index is 15.1. The average Bonchev–Trinajstić information content (AvgIpc) is 2.91. The first kappa shape index (κ1) is 29.7. The maximum Gasteiger partial charge on any atom is 0.344 e. The number of rotatable bonds is 7. The van der Waals surface area contributed by atoms with Crippen molar-refractivity contribution in [3.05, 3.63) is 64.0 Å². The molecule has 0 aliphatic rings. The fraction of sp³-hybridized carbons (Fsp3) is 0.200. The fourth-order valence-electron chi connectivity index (χ4n) is 4.42. The Hall–Kier alpha value is -5.26. The van der Waals surface area contributed by atoms with Gasteiger partial charge in [0.15, 0.2) is 23.1 Å².